The van der Waals surface area contributed by atoms with E-state index in [9.17, 15) is 15.3 Å². The normalized spacial score (nSPS) is 16.0. The Morgan fingerprint density at radius 3 is 2.55 bits per heavy atom. The number of aliphatic hydroxyl groups excluding tert-OH is 4. The van der Waals surface area contributed by atoms with Crippen LogP contribution in [0.2, 0.25) is 0 Å². The molecule has 0 saturated carbocycles. The number of benzene rings is 1. The van der Waals surface area contributed by atoms with E-state index in [1.54, 1.807) is 6.20 Å². The van der Waals surface area contributed by atoms with E-state index in [4.69, 9.17) is 5.11 Å². The second kappa shape index (κ2) is 6.02. The molecule has 22 heavy (non-hydrogen) atoms. The van der Waals surface area contributed by atoms with Gasteiger partial charge in [-0.1, -0.05) is 18.2 Å². The third-order valence-corrected chi connectivity index (χ3v) is 3.87. The molecule has 5 N–H and O–H groups in total. The monoisotopic (exact) mass is 302 g/mol. The van der Waals surface area contributed by atoms with Crippen molar-refractivity contribution >= 4 is 21.8 Å². The molecule has 1 aromatic carbocycles. The molecule has 0 amide bonds. The number of para-hydroxylation sites is 1. The molecule has 0 radical (unpaired) electrons. The Balaban J connectivity index is 2.00. The summed E-state index contributed by atoms with van der Waals surface area (Å²) in [5.41, 5.74) is 2.06. The van der Waals surface area contributed by atoms with Gasteiger partial charge in [-0.15, -0.1) is 0 Å². The maximum absolute atomic E-state index is 10.3. The van der Waals surface area contributed by atoms with Crippen LogP contribution in [0.4, 0.5) is 0 Å². The zero-order chi connectivity index (χ0) is 15.7. The second-order valence-corrected chi connectivity index (χ2v) is 5.36. The third kappa shape index (κ3) is 2.57. The maximum Gasteiger partial charge on any atom is 0.103 e. The Morgan fingerprint density at radius 1 is 1.00 bits per heavy atom. The molecular weight excluding hydrogens is 284 g/mol. The van der Waals surface area contributed by atoms with Gasteiger partial charge in [-0.2, -0.15) is 0 Å². The number of rotatable bonds is 5. The van der Waals surface area contributed by atoms with Crippen molar-refractivity contribution in [3.05, 3.63) is 42.2 Å². The summed E-state index contributed by atoms with van der Waals surface area (Å²) in [4.78, 5) is 7.43. The van der Waals surface area contributed by atoms with Crippen LogP contribution >= 0.6 is 0 Å². The molecule has 2 heterocycles. The predicted molar refractivity (Wildman–Crippen MR) is 82.3 cm³/mol. The van der Waals surface area contributed by atoms with Crippen LogP contribution in [0.25, 0.3) is 21.8 Å². The van der Waals surface area contributed by atoms with Crippen LogP contribution in [0.5, 0.6) is 0 Å². The first-order chi connectivity index (χ1) is 10.6. The van der Waals surface area contributed by atoms with E-state index in [0.717, 1.165) is 16.3 Å². The summed E-state index contributed by atoms with van der Waals surface area (Å²) >= 11 is 0. The zero-order valence-corrected chi connectivity index (χ0v) is 11.8. The summed E-state index contributed by atoms with van der Waals surface area (Å²) in [6.45, 7) is -0.558. The molecule has 3 aromatic rings. The first-order valence-corrected chi connectivity index (χ1v) is 7.12. The van der Waals surface area contributed by atoms with Gasteiger partial charge in [0.15, 0.2) is 0 Å². The minimum Gasteiger partial charge on any atom is -0.394 e. The molecule has 0 aliphatic carbocycles. The SMILES string of the molecule is OCC(O)C(O)CC(O)c1nccc2c1[nH]c1ccccc12. The predicted octanol–water partition coefficient (Wildman–Crippen LogP) is 0.854. The van der Waals surface area contributed by atoms with Crippen molar-refractivity contribution in [2.24, 2.45) is 0 Å². The minimum absolute atomic E-state index is 0.108. The highest BCUT2D eigenvalue weighted by molar-refractivity contribution is 6.07. The lowest BCUT2D eigenvalue weighted by Crippen LogP contribution is -2.31. The van der Waals surface area contributed by atoms with Gasteiger partial charge in [-0.25, -0.2) is 0 Å². The fourth-order valence-corrected chi connectivity index (χ4v) is 2.67. The van der Waals surface area contributed by atoms with E-state index >= 15 is 0 Å². The Morgan fingerprint density at radius 2 is 1.77 bits per heavy atom. The van der Waals surface area contributed by atoms with Gasteiger partial charge in [-0.05, 0) is 12.1 Å². The van der Waals surface area contributed by atoms with Crippen molar-refractivity contribution in [3.8, 4) is 0 Å². The van der Waals surface area contributed by atoms with E-state index in [1.165, 1.54) is 0 Å². The average Bonchev–Trinajstić information content (AvgIpc) is 2.92. The lowest BCUT2D eigenvalue weighted by Gasteiger charge is -2.19. The molecule has 0 bridgehead atoms. The molecule has 3 atom stereocenters. The Labute approximate surface area is 126 Å². The van der Waals surface area contributed by atoms with Gasteiger partial charge in [0.1, 0.15) is 12.2 Å². The summed E-state index contributed by atoms with van der Waals surface area (Å²) in [5.74, 6) is 0. The Hall–Kier alpha value is -1.99. The first kappa shape index (κ1) is 14.9. The molecule has 3 unspecified atom stereocenters. The fourth-order valence-electron chi connectivity index (χ4n) is 2.67. The average molecular weight is 302 g/mol. The first-order valence-electron chi connectivity index (χ1n) is 7.12. The summed E-state index contributed by atoms with van der Waals surface area (Å²) in [5, 5.41) is 40.3. The maximum atomic E-state index is 10.3. The largest absolute Gasteiger partial charge is 0.394 e. The summed E-state index contributed by atoms with van der Waals surface area (Å²) in [6.07, 6.45) is -2.05. The van der Waals surface area contributed by atoms with Gasteiger partial charge in [0.2, 0.25) is 0 Å². The number of aromatic nitrogens is 2. The van der Waals surface area contributed by atoms with Gasteiger partial charge in [-0.3, -0.25) is 4.98 Å². The number of nitrogens with one attached hydrogen (secondary N) is 1. The summed E-state index contributed by atoms with van der Waals surface area (Å²) in [6, 6.07) is 9.64. The zero-order valence-electron chi connectivity index (χ0n) is 11.8. The topological polar surface area (TPSA) is 110 Å². The molecule has 0 saturated heterocycles. The fraction of sp³-hybridized carbons (Fsp3) is 0.312. The van der Waals surface area contributed by atoms with Crippen molar-refractivity contribution in [2.45, 2.75) is 24.7 Å². The van der Waals surface area contributed by atoms with Crippen molar-refractivity contribution in [1.29, 1.82) is 0 Å². The van der Waals surface area contributed by atoms with Crippen LogP contribution in [0.3, 0.4) is 0 Å². The van der Waals surface area contributed by atoms with E-state index in [0.29, 0.717) is 11.2 Å². The molecule has 0 spiro atoms. The van der Waals surface area contributed by atoms with Crippen molar-refractivity contribution < 1.29 is 20.4 Å². The van der Waals surface area contributed by atoms with Crippen LogP contribution in [-0.2, 0) is 0 Å². The van der Waals surface area contributed by atoms with E-state index in [1.807, 2.05) is 30.3 Å². The lowest BCUT2D eigenvalue weighted by atomic mass is 10.0. The van der Waals surface area contributed by atoms with Crippen LogP contribution in [0, 0.1) is 0 Å². The number of aromatic amines is 1. The molecule has 6 nitrogen and oxygen atoms in total. The smallest absolute Gasteiger partial charge is 0.103 e. The molecule has 0 fully saturated rings. The Bertz CT molecular complexity index is 786. The molecule has 0 aliphatic heterocycles. The molecule has 116 valence electrons. The number of hydrogen-bond donors (Lipinski definition) is 5. The third-order valence-electron chi connectivity index (χ3n) is 3.87. The van der Waals surface area contributed by atoms with Crippen molar-refractivity contribution in [2.75, 3.05) is 6.61 Å². The highest BCUT2D eigenvalue weighted by Gasteiger charge is 2.23. The van der Waals surface area contributed by atoms with E-state index < -0.39 is 24.9 Å². The quantitative estimate of drug-likeness (QED) is 0.480. The Kier molecular flexibility index (Phi) is 4.08. The number of hydrogen-bond acceptors (Lipinski definition) is 5. The minimum atomic E-state index is -1.28. The van der Waals surface area contributed by atoms with Gasteiger partial charge in [0.05, 0.1) is 23.9 Å². The van der Waals surface area contributed by atoms with E-state index in [2.05, 4.69) is 9.97 Å². The molecule has 0 aliphatic rings. The molecule has 3 rings (SSSR count). The molecular formula is C16H18N2O4. The lowest BCUT2D eigenvalue weighted by molar-refractivity contribution is -0.0371. The highest BCUT2D eigenvalue weighted by Crippen LogP contribution is 2.30. The second-order valence-electron chi connectivity index (χ2n) is 5.36. The van der Waals surface area contributed by atoms with E-state index in [-0.39, 0.29) is 6.42 Å². The van der Waals surface area contributed by atoms with Crippen molar-refractivity contribution in [3.63, 3.8) is 0 Å². The molecule has 2 aromatic heterocycles. The summed E-state index contributed by atoms with van der Waals surface area (Å²) < 4.78 is 0. The van der Waals surface area contributed by atoms with Crippen molar-refractivity contribution in [1.82, 2.24) is 9.97 Å². The van der Waals surface area contributed by atoms with Crippen LogP contribution in [-0.4, -0.2) is 49.2 Å². The summed E-state index contributed by atoms with van der Waals surface area (Å²) in [7, 11) is 0. The standard InChI is InChI=1S/C16H18N2O4/c19-8-14(22)12(20)7-13(21)16-15-10(5-6-17-16)9-3-1-2-4-11(9)18-15/h1-6,12-14,18-22H,7-8H2. The van der Waals surface area contributed by atoms with Crippen LogP contribution in [0.15, 0.2) is 36.5 Å². The number of aliphatic hydroxyl groups is 4. The van der Waals surface area contributed by atoms with Gasteiger partial charge < -0.3 is 25.4 Å². The number of pyridine rings is 1. The van der Waals surface area contributed by atoms with Gasteiger partial charge in [0, 0.05) is 28.9 Å². The van der Waals surface area contributed by atoms with Crippen LogP contribution < -0.4 is 0 Å². The number of H-pyrrole nitrogens is 1. The highest BCUT2D eigenvalue weighted by atomic mass is 16.4. The number of fused-ring (bicyclic) bond motifs is 3. The van der Waals surface area contributed by atoms with Crippen LogP contribution in [0.1, 0.15) is 18.2 Å². The molecule has 6 heteroatoms. The van der Waals surface area contributed by atoms with Gasteiger partial charge >= 0.3 is 0 Å². The number of nitrogens with zero attached hydrogens (tertiary/aromatic N) is 1. The van der Waals surface area contributed by atoms with Gasteiger partial charge in [0.25, 0.3) is 0 Å².